The lowest BCUT2D eigenvalue weighted by molar-refractivity contribution is 0.473. The highest BCUT2D eigenvalue weighted by Crippen LogP contribution is 2.37. The van der Waals surface area contributed by atoms with E-state index < -0.39 is 0 Å². The van der Waals surface area contributed by atoms with Crippen molar-refractivity contribution in [2.75, 3.05) is 0 Å². The average Bonchev–Trinajstić information content (AvgIpc) is 2.82. The second kappa shape index (κ2) is 11.9. The molecule has 0 unspecified atom stereocenters. The van der Waals surface area contributed by atoms with Gasteiger partial charge in [-0.15, -0.1) is 0 Å². The first-order valence-electron chi connectivity index (χ1n) is 12.9. The molecule has 0 aromatic heterocycles. The van der Waals surface area contributed by atoms with Crippen molar-refractivity contribution >= 4 is 35.4 Å². The van der Waals surface area contributed by atoms with Crippen LogP contribution in [0.3, 0.4) is 0 Å². The molecule has 0 bridgehead atoms. The summed E-state index contributed by atoms with van der Waals surface area (Å²) in [6.07, 6.45) is 3.43. The molecular weight excluding hydrogens is 464 g/mol. The van der Waals surface area contributed by atoms with Crippen molar-refractivity contribution in [1.29, 1.82) is 0 Å². The van der Waals surface area contributed by atoms with Crippen LogP contribution in [0.25, 0.3) is 0 Å². The molecule has 0 atom stereocenters. The number of phenols is 1. The molecule has 36 heavy (non-hydrogen) atoms. The molecule has 0 heterocycles. The fraction of sp³-hybridized carbons (Fsp3) is 0.375. The molecule has 3 aromatic carbocycles. The minimum Gasteiger partial charge on any atom is -0.507 e. The molecule has 4 heteroatoms. The second-order valence-electron chi connectivity index (χ2n) is 10.6. The molecule has 190 valence electrons. The van der Waals surface area contributed by atoms with Crippen LogP contribution in [0, 0.1) is 0 Å². The number of nitrogens with zero attached hydrogens (tertiary/aromatic N) is 2. The van der Waals surface area contributed by atoms with E-state index in [1.54, 1.807) is 24.6 Å². The van der Waals surface area contributed by atoms with Gasteiger partial charge in [-0.05, 0) is 58.1 Å². The topological polar surface area (TPSA) is 45.0 Å². The van der Waals surface area contributed by atoms with Gasteiger partial charge in [0.1, 0.15) is 5.75 Å². The summed E-state index contributed by atoms with van der Waals surface area (Å²) >= 11 is 6.48. The Morgan fingerprint density at radius 1 is 0.611 bits per heavy atom. The summed E-state index contributed by atoms with van der Waals surface area (Å²) in [5, 5.41) is 11.7. The molecule has 0 saturated carbocycles. The first-order chi connectivity index (χ1) is 17.0. The Morgan fingerprint density at radius 2 is 0.917 bits per heavy atom. The summed E-state index contributed by atoms with van der Waals surface area (Å²) < 4.78 is 0. The van der Waals surface area contributed by atoms with E-state index in [1.807, 2.05) is 0 Å². The smallest absolute Gasteiger partial charge is 0.133 e. The molecule has 0 spiro atoms. The number of phenolic OH excluding ortho intramolecular Hbond substituents is 1. The van der Waals surface area contributed by atoms with Gasteiger partial charge in [-0.25, -0.2) is 0 Å². The largest absolute Gasteiger partial charge is 0.507 e. The lowest BCUT2D eigenvalue weighted by Gasteiger charge is -2.16. The van der Waals surface area contributed by atoms with Gasteiger partial charge in [-0.1, -0.05) is 103 Å². The van der Waals surface area contributed by atoms with Gasteiger partial charge in [0, 0.05) is 28.6 Å². The van der Waals surface area contributed by atoms with Gasteiger partial charge in [0.15, 0.2) is 0 Å². The SMILES string of the molecule is CC(C)c1cccc(C(C)C)c1N=Cc1cc(Cl)cc(C=Nc2c(C(C)C)cccc2C(C)C)c1O. The number of rotatable bonds is 8. The molecule has 3 nitrogen and oxygen atoms in total. The van der Waals surface area contributed by atoms with Crippen LogP contribution >= 0.6 is 11.6 Å². The van der Waals surface area contributed by atoms with Crippen LogP contribution in [-0.2, 0) is 0 Å². The molecule has 0 fully saturated rings. The van der Waals surface area contributed by atoms with Crippen molar-refractivity contribution in [1.82, 2.24) is 0 Å². The van der Waals surface area contributed by atoms with Crippen LogP contribution in [0.15, 0.2) is 58.5 Å². The third kappa shape index (κ3) is 6.25. The quantitative estimate of drug-likeness (QED) is 0.306. The normalized spacial score (nSPS) is 12.4. The number of aromatic hydroxyl groups is 1. The number of benzene rings is 3. The van der Waals surface area contributed by atoms with E-state index in [0.717, 1.165) is 11.4 Å². The van der Waals surface area contributed by atoms with E-state index >= 15 is 0 Å². The van der Waals surface area contributed by atoms with Crippen molar-refractivity contribution < 1.29 is 5.11 Å². The van der Waals surface area contributed by atoms with Crippen LogP contribution in [-0.4, -0.2) is 17.5 Å². The number of para-hydroxylation sites is 2. The van der Waals surface area contributed by atoms with Crippen molar-refractivity contribution in [3.05, 3.63) is 86.9 Å². The summed E-state index contributed by atoms with van der Waals surface area (Å²) in [4.78, 5) is 9.73. The van der Waals surface area contributed by atoms with E-state index in [0.29, 0.717) is 39.8 Å². The Hall–Kier alpha value is -2.91. The molecule has 0 radical (unpaired) electrons. The minimum atomic E-state index is 0.119. The highest BCUT2D eigenvalue weighted by molar-refractivity contribution is 6.31. The first-order valence-corrected chi connectivity index (χ1v) is 13.2. The Kier molecular flexibility index (Phi) is 9.13. The molecule has 0 aliphatic heterocycles. The predicted octanol–water partition coefficient (Wildman–Crippen LogP) is 10.0. The number of hydrogen-bond donors (Lipinski definition) is 1. The summed E-state index contributed by atoms with van der Waals surface area (Å²) in [6.45, 7) is 17.4. The number of halogens is 1. The summed E-state index contributed by atoms with van der Waals surface area (Å²) in [7, 11) is 0. The summed E-state index contributed by atoms with van der Waals surface area (Å²) in [6, 6.07) is 16.2. The van der Waals surface area contributed by atoms with Gasteiger partial charge in [0.2, 0.25) is 0 Å². The highest BCUT2D eigenvalue weighted by Gasteiger charge is 2.15. The van der Waals surface area contributed by atoms with Crippen molar-refractivity contribution in [3.63, 3.8) is 0 Å². The molecular formula is C32H39ClN2O. The molecule has 0 aliphatic rings. The second-order valence-corrected chi connectivity index (χ2v) is 11.1. The Morgan fingerprint density at radius 3 is 1.19 bits per heavy atom. The van der Waals surface area contributed by atoms with Gasteiger partial charge in [-0.3, -0.25) is 9.98 Å². The zero-order valence-corrected chi connectivity index (χ0v) is 23.6. The average molecular weight is 503 g/mol. The highest BCUT2D eigenvalue weighted by atomic mass is 35.5. The zero-order valence-electron chi connectivity index (χ0n) is 22.8. The maximum Gasteiger partial charge on any atom is 0.133 e. The van der Waals surface area contributed by atoms with Crippen molar-refractivity contribution in [2.24, 2.45) is 9.98 Å². The lowest BCUT2D eigenvalue weighted by atomic mass is 9.93. The minimum absolute atomic E-state index is 0.119. The van der Waals surface area contributed by atoms with E-state index in [1.165, 1.54) is 22.3 Å². The predicted molar refractivity (Wildman–Crippen MR) is 157 cm³/mol. The maximum atomic E-state index is 11.1. The molecule has 1 N–H and O–H groups in total. The molecule has 3 aromatic rings. The Bertz CT molecular complexity index is 1120. The molecule has 0 amide bonds. The van der Waals surface area contributed by atoms with Gasteiger partial charge in [-0.2, -0.15) is 0 Å². The van der Waals surface area contributed by atoms with Crippen LogP contribution in [0.1, 0.15) is 112 Å². The van der Waals surface area contributed by atoms with Crippen LogP contribution in [0.5, 0.6) is 5.75 Å². The standard InChI is InChI=1S/C32H39ClN2O/c1-19(2)26-11-9-12-27(20(3)4)30(26)34-17-23-15-25(33)16-24(32(23)36)18-35-31-28(21(5)6)13-10-14-29(31)22(7)8/h9-22,36H,1-8H3. The maximum absolute atomic E-state index is 11.1. The van der Waals surface area contributed by atoms with E-state index in [9.17, 15) is 5.11 Å². The first kappa shape index (κ1) is 27.7. The van der Waals surface area contributed by atoms with Crippen molar-refractivity contribution in [2.45, 2.75) is 79.1 Å². The molecule has 0 saturated heterocycles. The summed E-state index contributed by atoms with van der Waals surface area (Å²) in [5.74, 6) is 1.46. The van der Waals surface area contributed by atoms with E-state index in [4.69, 9.17) is 21.6 Å². The monoisotopic (exact) mass is 502 g/mol. The fourth-order valence-electron chi connectivity index (χ4n) is 4.43. The fourth-order valence-corrected chi connectivity index (χ4v) is 4.66. The third-order valence-corrected chi connectivity index (χ3v) is 6.70. The lowest BCUT2D eigenvalue weighted by Crippen LogP contribution is -1.97. The van der Waals surface area contributed by atoms with Crippen LogP contribution in [0.4, 0.5) is 11.4 Å². The number of aliphatic imine (C=N–C) groups is 2. The Labute approximate surface area is 222 Å². The van der Waals surface area contributed by atoms with E-state index in [2.05, 4.69) is 91.8 Å². The molecule has 3 rings (SSSR count). The van der Waals surface area contributed by atoms with Gasteiger partial charge in [0.05, 0.1) is 11.4 Å². The van der Waals surface area contributed by atoms with Crippen molar-refractivity contribution in [3.8, 4) is 5.75 Å². The zero-order chi connectivity index (χ0) is 26.6. The van der Waals surface area contributed by atoms with Crippen LogP contribution < -0.4 is 0 Å². The summed E-state index contributed by atoms with van der Waals surface area (Å²) in [5.41, 5.74) is 7.81. The number of hydrogen-bond acceptors (Lipinski definition) is 3. The Balaban J connectivity index is 2.08. The van der Waals surface area contributed by atoms with E-state index in [-0.39, 0.29) is 5.75 Å². The van der Waals surface area contributed by atoms with Gasteiger partial charge < -0.3 is 5.11 Å². The molecule has 0 aliphatic carbocycles. The van der Waals surface area contributed by atoms with Crippen LogP contribution in [0.2, 0.25) is 5.02 Å². The van der Waals surface area contributed by atoms with Gasteiger partial charge in [0.25, 0.3) is 0 Å². The van der Waals surface area contributed by atoms with Gasteiger partial charge >= 0.3 is 0 Å². The third-order valence-electron chi connectivity index (χ3n) is 6.48.